The number of aliphatic hydroxyl groups excluding tert-OH is 1. The largest absolute Gasteiger partial charge is 0.391 e. The Morgan fingerprint density at radius 3 is 2.56 bits per heavy atom. The van der Waals surface area contributed by atoms with Gasteiger partial charge in [0, 0.05) is 23.8 Å². The molecule has 2 nitrogen and oxygen atoms in total. The van der Waals surface area contributed by atoms with Crippen LogP contribution in [0.2, 0.25) is 0 Å². The number of rotatable bonds is 5. The van der Waals surface area contributed by atoms with Gasteiger partial charge in [0.25, 0.3) is 0 Å². The summed E-state index contributed by atoms with van der Waals surface area (Å²) in [7, 11) is 0. The molecule has 0 heterocycles. The molecule has 0 radical (unpaired) electrons. The van der Waals surface area contributed by atoms with Gasteiger partial charge in [-0.25, -0.2) is 4.39 Å². The van der Waals surface area contributed by atoms with E-state index < -0.39 is 0 Å². The van der Waals surface area contributed by atoms with E-state index in [4.69, 9.17) is 0 Å². The third kappa shape index (κ3) is 2.73. The van der Waals surface area contributed by atoms with Crippen molar-refractivity contribution < 1.29 is 9.50 Å². The summed E-state index contributed by atoms with van der Waals surface area (Å²) < 4.78 is 13.5. The van der Waals surface area contributed by atoms with Gasteiger partial charge in [0.1, 0.15) is 5.82 Å². The van der Waals surface area contributed by atoms with Crippen molar-refractivity contribution in [2.75, 3.05) is 11.4 Å². The smallest absolute Gasteiger partial charge is 0.130 e. The van der Waals surface area contributed by atoms with Gasteiger partial charge in [0.15, 0.2) is 0 Å². The molecule has 1 aromatic rings. The molecule has 1 N–H and O–H groups in total. The van der Waals surface area contributed by atoms with Gasteiger partial charge < -0.3 is 10.0 Å². The normalized spacial score (nSPS) is 10.9. The summed E-state index contributed by atoms with van der Waals surface area (Å²) in [6, 6.07) is 5.24. The quantitative estimate of drug-likeness (QED) is 0.832. The average Bonchev–Trinajstić information content (AvgIpc) is 2.25. The summed E-state index contributed by atoms with van der Waals surface area (Å²) in [5.41, 5.74) is 1.20. The van der Waals surface area contributed by atoms with E-state index in [1.807, 2.05) is 6.07 Å². The summed E-state index contributed by atoms with van der Waals surface area (Å²) in [5.74, 6) is -0.332. The maximum Gasteiger partial charge on any atom is 0.130 e. The van der Waals surface area contributed by atoms with Gasteiger partial charge in [0.2, 0.25) is 0 Å². The van der Waals surface area contributed by atoms with Gasteiger partial charge in [-0.05, 0) is 32.4 Å². The molecule has 90 valence electrons. The molecule has 0 aliphatic heterocycles. The molecule has 1 aromatic carbocycles. The standard InChI is InChI=1S/C13H20FNO/c1-4-8-15(10(2)3)13-7-5-6-12(14)11(13)9-16/h5-7,10,16H,4,8-9H2,1-3H3. The van der Waals surface area contributed by atoms with Crippen molar-refractivity contribution in [1.29, 1.82) is 0 Å². The molecule has 0 atom stereocenters. The summed E-state index contributed by atoms with van der Waals surface area (Å²) in [6.07, 6.45) is 1.000. The van der Waals surface area contributed by atoms with E-state index in [0.29, 0.717) is 11.6 Å². The van der Waals surface area contributed by atoms with Gasteiger partial charge in [-0.2, -0.15) is 0 Å². The van der Waals surface area contributed by atoms with Crippen LogP contribution >= 0.6 is 0 Å². The first-order valence-corrected chi connectivity index (χ1v) is 5.76. The fraction of sp³-hybridized carbons (Fsp3) is 0.538. The molecule has 0 aliphatic carbocycles. The second-order valence-corrected chi connectivity index (χ2v) is 4.18. The van der Waals surface area contributed by atoms with Crippen molar-refractivity contribution in [2.45, 2.75) is 39.8 Å². The Balaban J connectivity index is 3.12. The number of hydrogen-bond donors (Lipinski definition) is 1. The zero-order valence-corrected chi connectivity index (χ0v) is 10.2. The van der Waals surface area contributed by atoms with E-state index in [1.165, 1.54) is 6.07 Å². The molecular weight excluding hydrogens is 205 g/mol. The lowest BCUT2D eigenvalue weighted by Gasteiger charge is -2.30. The molecule has 0 bridgehead atoms. The van der Waals surface area contributed by atoms with E-state index >= 15 is 0 Å². The minimum atomic E-state index is -0.332. The fourth-order valence-corrected chi connectivity index (χ4v) is 1.87. The molecule has 0 amide bonds. The molecule has 0 aliphatic rings. The van der Waals surface area contributed by atoms with Crippen molar-refractivity contribution in [2.24, 2.45) is 0 Å². The molecule has 0 fully saturated rings. The second-order valence-electron chi connectivity index (χ2n) is 4.18. The average molecular weight is 225 g/mol. The van der Waals surface area contributed by atoms with Crippen molar-refractivity contribution in [1.82, 2.24) is 0 Å². The molecule has 0 saturated carbocycles. The molecular formula is C13H20FNO. The maximum absolute atomic E-state index is 13.5. The van der Waals surface area contributed by atoms with Crippen molar-refractivity contribution in [3.63, 3.8) is 0 Å². The highest BCUT2D eigenvalue weighted by molar-refractivity contribution is 5.54. The molecule has 1 rings (SSSR count). The predicted molar refractivity (Wildman–Crippen MR) is 65.1 cm³/mol. The van der Waals surface area contributed by atoms with Crippen molar-refractivity contribution in [3.05, 3.63) is 29.6 Å². The Bertz CT molecular complexity index is 339. The predicted octanol–water partition coefficient (Wildman–Crippen LogP) is 2.94. The Labute approximate surface area is 96.7 Å². The van der Waals surface area contributed by atoms with E-state index in [0.717, 1.165) is 18.7 Å². The Morgan fingerprint density at radius 1 is 1.38 bits per heavy atom. The Hall–Kier alpha value is -1.09. The number of benzene rings is 1. The van der Waals surface area contributed by atoms with Crippen LogP contribution in [0, 0.1) is 5.82 Å². The second kappa shape index (κ2) is 5.85. The molecule has 0 saturated heterocycles. The minimum absolute atomic E-state index is 0.255. The molecule has 0 aromatic heterocycles. The first kappa shape index (κ1) is 13.0. The van der Waals surface area contributed by atoms with Crippen LogP contribution < -0.4 is 4.90 Å². The number of hydrogen-bond acceptors (Lipinski definition) is 2. The summed E-state index contributed by atoms with van der Waals surface area (Å²) in [5, 5.41) is 9.23. The SMILES string of the molecule is CCCN(c1cccc(F)c1CO)C(C)C. The van der Waals surface area contributed by atoms with Crippen LogP contribution in [0.3, 0.4) is 0 Å². The highest BCUT2D eigenvalue weighted by atomic mass is 19.1. The molecule has 0 spiro atoms. The number of aliphatic hydroxyl groups is 1. The van der Waals surface area contributed by atoms with E-state index in [1.54, 1.807) is 6.07 Å². The first-order chi connectivity index (χ1) is 7.61. The lowest BCUT2D eigenvalue weighted by Crippen LogP contribution is -2.32. The van der Waals surface area contributed by atoms with Crippen molar-refractivity contribution >= 4 is 5.69 Å². The fourth-order valence-electron chi connectivity index (χ4n) is 1.87. The third-order valence-electron chi connectivity index (χ3n) is 2.65. The van der Waals surface area contributed by atoms with Crippen LogP contribution in [0.25, 0.3) is 0 Å². The Kier molecular flexibility index (Phi) is 4.74. The maximum atomic E-state index is 13.5. The van der Waals surface area contributed by atoms with E-state index in [9.17, 15) is 9.50 Å². The molecule has 0 unspecified atom stereocenters. The molecule has 16 heavy (non-hydrogen) atoms. The van der Waals surface area contributed by atoms with Gasteiger partial charge in [0.05, 0.1) is 6.61 Å². The topological polar surface area (TPSA) is 23.5 Å². The first-order valence-electron chi connectivity index (χ1n) is 5.76. The van der Waals surface area contributed by atoms with Crippen LogP contribution in [0.5, 0.6) is 0 Å². The lowest BCUT2D eigenvalue weighted by atomic mass is 10.1. The third-order valence-corrected chi connectivity index (χ3v) is 2.65. The lowest BCUT2D eigenvalue weighted by molar-refractivity contribution is 0.276. The number of anilines is 1. The highest BCUT2D eigenvalue weighted by Crippen LogP contribution is 2.25. The zero-order valence-electron chi connectivity index (χ0n) is 10.2. The van der Waals surface area contributed by atoms with E-state index in [-0.39, 0.29) is 12.4 Å². The van der Waals surface area contributed by atoms with Gasteiger partial charge in [-0.15, -0.1) is 0 Å². The van der Waals surface area contributed by atoms with Gasteiger partial charge in [-0.1, -0.05) is 13.0 Å². The van der Waals surface area contributed by atoms with Crippen LogP contribution in [0.1, 0.15) is 32.8 Å². The molecule has 3 heteroatoms. The van der Waals surface area contributed by atoms with Gasteiger partial charge in [-0.3, -0.25) is 0 Å². The highest BCUT2D eigenvalue weighted by Gasteiger charge is 2.15. The summed E-state index contributed by atoms with van der Waals surface area (Å²) in [4.78, 5) is 2.12. The zero-order chi connectivity index (χ0) is 12.1. The Morgan fingerprint density at radius 2 is 2.06 bits per heavy atom. The number of halogens is 1. The van der Waals surface area contributed by atoms with Crippen LogP contribution in [0.15, 0.2) is 18.2 Å². The van der Waals surface area contributed by atoms with Crippen molar-refractivity contribution in [3.8, 4) is 0 Å². The van der Waals surface area contributed by atoms with Crippen LogP contribution in [-0.4, -0.2) is 17.7 Å². The minimum Gasteiger partial charge on any atom is -0.391 e. The van der Waals surface area contributed by atoms with Crippen LogP contribution in [0.4, 0.5) is 10.1 Å². The number of nitrogens with zero attached hydrogens (tertiary/aromatic N) is 1. The summed E-state index contributed by atoms with van der Waals surface area (Å²) >= 11 is 0. The summed E-state index contributed by atoms with van der Waals surface area (Å²) in [6.45, 7) is 6.85. The monoisotopic (exact) mass is 225 g/mol. The van der Waals surface area contributed by atoms with E-state index in [2.05, 4.69) is 25.7 Å². The van der Waals surface area contributed by atoms with Gasteiger partial charge >= 0.3 is 0 Å². The van der Waals surface area contributed by atoms with Crippen LogP contribution in [-0.2, 0) is 6.61 Å².